The quantitative estimate of drug-likeness (QED) is 0.886. The molecule has 0 aromatic carbocycles. The lowest BCUT2D eigenvalue weighted by Crippen LogP contribution is -2.58. The van der Waals surface area contributed by atoms with Crippen LogP contribution in [0.2, 0.25) is 0 Å². The largest absolute Gasteiger partial charge is 0.345 e. The van der Waals surface area contributed by atoms with Crippen molar-refractivity contribution in [3.8, 4) is 16.6 Å². The standard InChI is InChI=1S/C16H15N5OS/c1-16(8-14(22)21(2)15(18)20-16)13-5-3-4-11(19-13)12-7-6-10(9-17)23-12/h3-7H,8H2,1-2H3,(H2,18,20)/t16-/m0/s1. The summed E-state index contributed by atoms with van der Waals surface area (Å²) in [6.07, 6.45) is 0.232. The molecule has 0 radical (unpaired) electrons. The Morgan fingerprint density at radius 1 is 1.43 bits per heavy atom. The number of nitrogens with one attached hydrogen (secondary N) is 2. The van der Waals surface area contributed by atoms with Crippen LogP contribution in [-0.2, 0) is 10.3 Å². The third kappa shape index (κ3) is 2.69. The van der Waals surface area contributed by atoms with Crippen LogP contribution < -0.4 is 5.32 Å². The van der Waals surface area contributed by atoms with Gasteiger partial charge in [0.15, 0.2) is 5.96 Å². The van der Waals surface area contributed by atoms with Crippen LogP contribution in [0.1, 0.15) is 23.9 Å². The van der Waals surface area contributed by atoms with Crippen LogP contribution in [0.5, 0.6) is 0 Å². The van der Waals surface area contributed by atoms with Gasteiger partial charge in [-0.25, -0.2) is 4.98 Å². The number of guanidine groups is 1. The van der Waals surface area contributed by atoms with Gasteiger partial charge in [-0.05, 0) is 31.2 Å². The average Bonchev–Trinajstić information content (AvgIpc) is 3.02. The summed E-state index contributed by atoms with van der Waals surface area (Å²) in [5, 5.41) is 19.9. The molecule has 0 saturated carbocycles. The van der Waals surface area contributed by atoms with Crippen LogP contribution >= 0.6 is 11.3 Å². The minimum atomic E-state index is -0.716. The van der Waals surface area contributed by atoms with Crippen LogP contribution in [-0.4, -0.2) is 28.8 Å². The second-order valence-corrected chi connectivity index (χ2v) is 6.70. The topological polar surface area (TPSA) is 92.9 Å². The van der Waals surface area contributed by atoms with Gasteiger partial charge in [-0.2, -0.15) is 5.26 Å². The van der Waals surface area contributed by atoms with E-state index >= 15 is 0 Å². The summed E-state index contributed by atoms with van der Waals surface area (Å²) in [5.74, 6) is -0.0508. The van der Waals surface area contributed by atoms with E-state index in [4.69, 9.17) is 10.7 Å². The van der Waals surface area contributed by atoms with Crippen LogP contribution in [0.15, 0.2) is 30.3 Å². The summed E-state index contributed by atoms with van der Waals surface area (Å²) >= 11 is 1.38. The van der Waals surface area contributed by atoms with E-state index in [0.29, 0.717) is 10.6 Å². The lowest BCUT2D eigenvalue weighted by molar-refractivity contribution is -0.129. The normalized spacial score (nSPS) is 21.0. The van der Waals surface area contributed by atoms with Crippen molar-refractivity contribution in [2.45, 2.75) is 18.9 Å². The first kappa shape index (κ1) is 15.2. The first-order valence-electron chi connectivity index (χ1n) is 7.04. The first-order valence-corrected chi connectivity index (χ1v) is 7.86. The highest BCUT2D eigenvalue weighted by molar-refractivity contribution is 7.15. The fourth-order valence-electron chi connectivity index (χ4n) is 2.50. The van der Waals surface area contributed by atoms with Crippen molar-refractivity contribution >= 4 is 23.2 Å². The number of amides is 1. The van der Waals surface area contributed by atoms with Crippen LogP contribution in [0, 0.1) is 16.7 Å². The molecule has 1 atom stereocenters. The average molecular weight is 325 g/mol. The van der Waals surface area contributed by atoms with Crippen molar-refractivity contribution in [2.75, 3.05) is 7.05 Å². The Balaban J connectivity index is 1.98. The van der Waals surface area contributed by atoms with Gasteiger partial charge in [0, 0.05) is 7.05 Å². The predicted octanol–water partition coefficient (Wildman–Crippen LogP) is 2.28. The molecular weight excluding hydrogens is 310 g/mol. The summed E-state index contributed by atoms with van der Waals surface area (Å²) in [7, 11) is 1.58. The summed E-state index contributed by atoms with van der Waals surface area (Å²) in [4.78, 5) is 19.6. The van der Waals surface area contributed by atoms with E-state index in [-0.39, 0.29) is 18.3 Å². The molecule has 3 rings (SSSR count). The number of rotatable bonds is 2. The van der Waals surface area contributed by atoms with Crippen LogP contribution in [0.25, 0.3) is 10.6 Å². The van der Waals surface area contributed by atoms with E-state index in [1.165, 1.54) is 16.2 Å². The number of nitrogens with zero attached hydrogens (tertiary/aromatic N) is 3. The smallest absolute Gasteiger partial charge is 0.231 e. The van der Waals surface area contributed by atoms with E-state index < -0.39 is 5.54 Å². The molecule has 116 valence electrons. The molecule has 1 aliphatic rings. The predicted molar refractivity (Wildman–Crippen MR) is 87.9 cm³/mol. The van der Waals surface area contributed by atoms with Gasteiger partial charge < -0.3 is 5.32 Å². The highest BCUT2D eigenvalue weighted by Gasteiger charge is 2.39. The molecule has 2 aromatic rings. The molecule has 0 bridgehead atoms. The number of thiophene rings is 1. The molecule has 1 fully saturated rings. The highest BCUT2D eigenvalue weighted by Crippen LogP contribution is 2.31. The SMILES string of the molecule is CN1C(=N)N[C@](C)(c2cccc(-c3ccc(C#N)s3)n2)CC1=O. The van der Waals surface area contributed by atoms with Gasteiger partial charge >= 0.3 is 0 Å². The van der Waals surface area contributed by atoms with Crippen LogP contribution in [0.4, 0.5) is 0 Å². The Morgan fingerprint density at radius 3 is 2.87 bits per heavy atom. The Morgan fingerprint density at radius 2 is 2.22 bits per heavy atom. The number of hydrogen-bond acceptors (Lipinski definition) is 5. The molecule has 6 nitrogen and oxygen atoms in total. The Bertz CT molecular complexity index is 817. The lowest BCUT2D eigenvalue weighted by atomic mass is 9.90. The first-order chi connectivity index (χ1) is 10.9. The molecule has 7 heteroatoms. The maximum Gasteiger partial charge on any atom is 0.231 e. The third-order valence-corrected chi connectivity index (χ3v) is 4.90. The van der Waals surface area contributed by atoms with E-state index in [1.807, 2.05) is 31.2 Å². The molecule has 23 heavy (non-hydrogen) atoms. The number of aromatic nitrogens is 1. The van der Waals surface area contributed by atoms with Crippen molar-refractivity contribution in [3.05, 3.63) is 40.9 Å². The highest BCUT2D eigenvalue weighted by atomic mass is 32.1. The van der Waals surface area contributed by atoms with Crippen molar-refractivity contribution in [1.29, 1.82) is 10.7 Å². The molecule has 3 heterocycles. The minimum Gasteiger partial charge on any atom is -0.345 e. The zero-order chi connectivity index (χ0) is 16.6. The number of pyridine rings is 1. The van der Waals surface area contributed by atoms with Gasteiger partial charge in [-0.1, -0.05) is 6.07 Å². The van der Waals surface area contributed by atoms with Gasteiger partial charge in [0.1, 0.15) is 10.9 Å². The van der Waals surface area contributed by atoms with Crippen molar-refractivity contribution < 1.29 is 4.79 Å². The van der Waals surface area contributed by atoms with E-state index in [1.54, 1.807) is 13.1 Å². The van der Waals surface area contributed by atoms with Gasteiger partial charge in [0.2, 0.25) is 5.91 Å². The Kier molecular flexibility index (Phi) is 3.62. The lowest BCUT2D eigenvalue weighted by Gasteiger charge is -2.38. The number of hydrogen-bond donors (Lipinski definition) is 2. The molecule has 1 saturated heterocycles. The second kappa shape index (κ2) is 5.48. The molecule has 1 aliphatic heterocycles. The molecule has 0 unspecified atom stereocenters. The molecule has 1 amide bonds. The number of carbonyl (C=O) groups is 1. The van der Waals surface area contributed by atoms with Gasteiger partial charge in [0.05, 0.1) is 28.2 Å². The Labute approximate surface area is 137 Å². The fraction of sp³-hybridized carbons (Fsp3) is 0.250. The molecule has 0 spiro atoms. The monoisotopic (exact) mass is 325 g/mol. The number of carbonyl (C=O) groups excluding carboxylic acids is 1. The summed E-state index contributed by atoms with van der Waals surface area (Å²) in [6, 6.07) is 11.4. The molecule has 0 aliphatic carbocycles. The van der Waals surface area contributed by atoms with Crippen molar-refractivity contribution in [2.24, 2.45) is 0 Å². The Hall–Kier alpha value is -2.72. The zero-order valence-electron chi connectivity index (χ0n) is 12.8. The van der Waals surface area contributed by atoms with Crippen LogP contribution in [0.3, 0.4) is 0 Å². The third-order valence-electron chi connectivity index (χ3n) is 3.89. The fourth-order valence-corrected chi connectivity index (χ4v) is 3.28. The van der Waals surface area contributed by atoms with E-state index in [0.717, 1.165) is 10.6 Å². The summed E-state index contributed by atoms with van der Waals surface area (Å²) < 4.78 is 0. The maximum atomic E-state index is 12.1. The van der Waals surface area contributed by atoms with E-state index in [9.17, 15) is 4.79 Å². The van der Waals surface area contributed by atoms with Crippen molar-refractivity contribution in [1.82, 2.24) is 15.2 Å². The zero-order valence-corrected chi connectivity index (χ0v) is 13.6. The summed E-state index contributed by atoms with van der Waals surface area (Å²) in [6.45, 7) is 1.87. The molecule has 2 aromatic heterocycles. The van der Waals surface area contributed by atoms with Gasteiger partial charge in [-0.3, -0.25) is 15.1 Å². The number of nitriles is 1. The molecular formula is C16H15N5OS. The minimum absolute atomic E-state index is 0.0684. The summed E-state index contributed by atoms with van der Waals surface area (Å²) in [5.41, 5.74) is 0.745. The van der Waals surface area contributed by atoms with E-state index in [2.05, 4.69) is 16.4 Å². The van der Waals surface area contributed by atoms with Crippen molar-refractivity contribution in [3.63, 3.8) is 0 Å². The van der Waals surface area contributed by atoms with Gasteiger partial charge in [-0.15, -0.1) is 11.3 Å². The second-order valence-electron chi connectivity index (χ2n) is 5.62. The maximum absolute atomic E-state index is 12.1. The van der Waals surface area contributed by atoms with Gasteiger partial charge in [0.25, 0.3) is 0 Å². The molecule has 2 N–H and O–H groups in total.